The SMILES string of the molecule is CCC(C)C(=O)OC1CCC2(CC1)OCOC(O)(C(F)(F)F)C2(F)F.CCC(C)C(=O)OCC1(C)OC(C2CCCCC2)C(F)(F)C(O)(C(F)(F)F)O1.CCC(C)C(=O)OCC1(C)OCC(F)(F)C(O)(C(F)(F)F)O1. The summed E-state index contributed by atoms with van der Waals surface area (Å²) in [6, 6.07) is 0. The first-order valence-corrected chi connectivity index (χ1v) is 24.0. The van der Waals surface area contributed by atoms with Gasteiger partial charge in [0.2, 0.25) is 11.6 Å². The van der Waals surface area contributed by atoms with Crippen molar-refractivity contribution in [2.24, 2.45) is 23.7 Å². The minimum absolute atomic E-state index is 0.0916. The highest BCUT2D eigenvalue weighted by atomic mass is 19.4. The van der Waals surface area contributed by atoms with E-state index >= 15 is 0 Å². The van der Waals surface area contributed by atoms with Crippen molar-refractivity contribution in [1.29, 1.82) is 0 Å². The maximum atomic E-state index is 14.8. The number of hydrogen-bond acceptors (Lipinski definition) is 15. The summed E-state index contributed by atoms with van der Waals surface area (Å²) in [7, 11) is 0. The van der Waals surface area contributed by atoms with Gasteiger partial charge in [0.1, 0.15) is 37.6 Å². The van der Waals surface area contributed by atoms with Gasteiger partial charge in [0, 0.05) is 0 Å². The zero-order valence-corrected chi connectivity index (χ0v) is 42.2. The Balaban J connectivity index is 0.000000299. The Morgan fingerprint density at radius 3 is 1.45 bits per heavy atom. The van der Waals surface area contributed by atoms with Crippen molar-refractivity contribution in [3.8, 4) is 0 Å². The van der Waals surface area contributed by atoms with Gasteiger partial charge in [-0.15, -0.1) is 0 Å². The molecule has 2 aliphatic carbocycles. The third-order valence-corrected chi connectivity index (χ3v) is 13.8. The van der Waals surface area contributed by atoms with Crippen LogP contribution >= 0.6 is 0 Å². The van der Waals surface area contributed by atoms with Gasteiger partial charge in [0.05, 0.1) is 17.8 Å². The van der Waals surface area contributed by atoms with Crippen LogP contribution in [0.5, 0.6) is 0 Å². The quantitative estimate of drug-likeness (QED) is 0.0949. The monoisotopic (exact) mass is 1130 g/mol. The van der Waals surface area contributed by atoms with Crippen molar-refractivity contribution in [3.63, 3.8) is 0 Å². The summed E-state index contributed by atoms with van der Waals surface area (Å²) in [4.78, 5) is 35.1. The van der Waals surface area contributed by atoms with Crippen LogP contribution in [0, 0.1) is 23.7 Å². The van der Waals surface area contributed by atoms with Gasteiger partial charge in [-0.05, 0) is 77.6 Å². The van der Waals surface area contributed by atoms with E-state index in [2.05, 4.69) is 18.9 Å². The molecule has 3 aliphatic heterocycles. The van der Waals surface area contributed by atoms with Crippen LogP contribution in [0.25, 0.3) is 0 Å². The Morgan fingerprint density at radius 2 is 1.01 bits per heavy atom. The van der Waals surface area contributed by atoms with Crippen LogP contribution in [0.1, 0.15) is 132 Å². The summed E-state index contributed by atoms with van der Waals surface area (Å²) in [5.41, 5.74) is -2.52. The lowest BCUT2D eigenvalue weighted by molar-refractivity contribution is -0.532. The second-order valence-electron chi connectivity index (χ2n) is 19.7. The molecule has 0 aromatic carbocycles. The highest BCUT2D eigenvalue weighted by molar-refractivity contribution is 5.72. The number of aliphatic hydroxyl groups is 3. The Kier molecular flexibility index (Phi) is 21.0. The number of hydrogen-bond donors (Lipinski definition) is 3. The van der Waals surface area contributed by atoms with Crippen LogP contribution in [0.4, 0.5) is 65.9 Å². The zero-order chi connectivity index (χ0) is 57.9. The van der Waals surface area contributed by atoms with Crippen LogP contribution in [0.2, 0.25) is 0 Å². The highest BCUT2D eigenvalue weighted by Crippen LogP contribution is 2.58. The maximum absolute atomic E-state index is 14.8. The average Bonchev–Trinajstić information content (AvgIpc) is 3.31. The van der Waals surface area contributed by atoms with Gasteiger partial charge >= 0.3 is 71.6 Å². The second-order valence-corrected chi connectivity index (χ2v) is 19.7. The van der Waals surface area contributed by atoms with Gasteiger partial charge in [0.15, 0.2) is 6.79 Å². The molecular formula is C45H65F15O15. The van der Waals surface area contributed by atoms with Crippen molar-refractivity contribution in [2.75, 3.05) is 26.6 Å². The van der Waals surface area contributed by atoms with Gasteiger partial charge in [-0.3, -0.25) is 14.4 Å². The first-order valence-electron chi connectivity index (χ1n) is 24.0. The first kappa shape index (κ1) is 66.3. The van der Waals surface area contributed by atoms with E-state index in [-0.39, 0.29) is 31.6 Å². The number of carbonyl (C=O) groups is 3. The van der Waals surface area contributed by atoms with Gasteiger partial charge in [-0.1, -0.05) is 60.8 Å². The third kappa shape index (κ3) is 13.9. The van der Waals surface area contributed by atoms with E-state index in [4.69, 9.17) is 23.7 Å². The largest absolute Gasteiger partial charge is 0.462 e. The predicted molar refractivity (Wildman–Crippen MR) is 223 cm³/mol. The molecule has 9 unspecified atom stereocenters. The van der Waals surface area contributed by atoms with E-state index in [9.17, 15) is 95.6 Å². The van der Waals surface area contributed by atoms with Crippen molar-refractivity contribution >= 4 is 17.9 Å². The molecule has 5 fully saturated rings. The smallest absolute Gasteiger partial charge is 0.449 e. The van der Waals surface area contributed by atoms with Crippen LogP contribution < -0.4 is 0 Å². The molecule has 15 nitrogen and oxygen atoms in total. The molecule has 3 N–H and O–H groups in total. The molecule has 0 radical (unpaired) electrons. The molecular weight excluding hydrogens is 1070 g/mol. The van der Waals surface area contributed by atoms with E-state index in [0.717, 1.165) is 20.3 Å². The van der Waals surface area contributed by atoms with E-state index in [1.165, 1.54) is 6.92 Å². The minimum Gasteiger partial charge on any atom is -0.462 e. The van der Waals surface area contributed by atoms with Gasteiger partial charge < -0.3 is 58.0 Å². The summed E-state index contributed by atoms with van der Waals surface area (Å²) >= 11 is 0. The molecule has 75 heavy (non-hydrogen) atoms. The lowest BCUT2D eigenvalue weighted by Gasteiger charge is -2.52. The number of carbonyl (C=O) groups excluding carboxylic acids is 3. The van der Waals surface area contributed by atoms with Gasteiger partial charge in [-0.2, -0.15) is 65.9 Å². The first-order chi connectivity index (χ1) is 34.0. The van der Waals surface area contributed by atoms with Crippen molar-refractivity contribution in [2.45, 2.75) is 215 Å². The second kappa shape index (κ2) is 23.8. The Labute approximate surface area is 421 Å². The zero-order valence-electron chi connectivity index (χ0n) is 42.2. The number of esters is 3. The van der Waals surface area contributed by atoms with Crippen LogP contribution in [0.15, 0.2) is 0 Å². The Hall–Kier alpha value is -3.00. The molecule has 2 saturated carbocycles. The fourth-order valence-electron chi connectivity index (χ4n) is 8.25. The van der Waals surface area contributed by atoms with Gasteiger partial charge in [0.25, 0.3) is 0 Å². The fourth-order valence-corrected chi connectivity index (χ4v) is 8.25. The summed E-state index contributed by atoms with van der Waals surface area (Å²) in [6.07, 6.45) is -17.5. The third-order valence-electron chi connectivity index (χ3n) is 13.8. The molecule has 0 amide bonds. The summed E-state index contributed by atoms with van der Waals surface area (Å²) < 4.78 is 245. The summed E-state index contributed by atoms with van der Waals surface area (Å²) in [6.45, 7) is 7.17. The van der Waals surface area contributed by atoms with E-state index in [0.29, 0.717) is 32.1 Å². The fraction of sp³-hybridized carbons (Fsp3) is 0.933. The van der Waals surface area contributed by atoms with Crippen molar-refractivity contribution in [1.82, 2.24) is 0 Å². The van der Waals surface area contributed by atoms with Crippen LogP contribution in [0.3, 0.4) is 0 Å². The number of halogens is 15. The lowest BCUT2D eigenvalue weighted by Crippen LogP contribution is -2.74. The highest BCUT2D eigenvalue weighted by Gasteiger charge is 2.81. The molecule has 440 valence electrons. The maximum Gasteiger partial charge on any atom is 0.449 e. The lowest BCUT2D eigenvalue weighted by atomic mass is 9.75. The van der Waals surface area contributed by atoms with Crippen molar-refractivity contribution in [3.05, 3.63) is 0 Å². The Bertz CT molecular complexity index is 1910. The van der Waals surface area contributed by atoms with Crippen LogP contribution in [-0.2, 0) is 57.0 Å². The summed E-state index contributed by atoms with van der Waals surface area (Å²) in [5, 5.41) is 28.8. The molecule has 0 aromatic rings. The molecule has 3 heterocycles. The Morgan fingerprint density at radius 1 is 0.587 bits per heavy atom. The molecule has 0 aromatic heterocycles. The molecule has 0 bridgehead atoms. The molecule has 5 rings (SSSR count). The van der Waals surface area contributed by atoms with E-state index in [1.54, 1.807) is 34.6 Å². The van der Waals surface area contributed by atoms with Gasteiger partial charge in [-0.25, -0.2) is 0 Å². The number of alkyl halides is 15. The van der Waals surface area contributed by atoms with E-state index in [1.807, 2.05) is 0 Å². The molecule has 30 heteroatoms. The molecule has 9 atom stereocenters. The number of ether oxygens (including phenoxy) is 9. The topological polar surface area (TPSA) is 195 Å². The molecule has 1 spiro atoms. The van der Waals surface area contributed by atoms with E-state index < -0.39 is 158 Å². The molecule has 3 saturated heterocycles. The van der Waals surface area contributed by atoms with Crippen molar-refractivity contribution < 1.29 is 138 Å². The summed E-state index contributed by atoms with van der Waals surface area (Å²) in [5.74, 6) is -37.2. The molecule has 5 aliphatic rings. The number of rotatable bonds is 12. The predicted octanol–water partition coefficient (Wildman–Crippen LogP) is 9.55. The standard InChI is InChI=1S/C18H27F5O5.C15H21F5O5.C12H17F5O5/c1-4-11(2)14(24)26-10-15(3)27-13(12-8-6-5-7-9-12)16(19,20)17(25,28-15)18(21,22)23;1-3-9(2)11(21)25-10-4-6-12(7-5-10)13(16,17)14(22,15(18,19)20)24-8-23-12;1-4-7(2)8(18)20-5-9(3)21-6-10(13,14)11(19,22-9)12(15,16)17/h11-13,25H,4-10H2,1-3H3;9-10,22H,3-8H2,1-2H3;7,19H,4-6H2,1-3H3. The minimum atomic E-state index is -5.78. The normalized spacial score (nSPS) is 33.3. The average molecular weight is 1130 g/mol. The van der Waals surface area contributed by atoms with Crippen LogP contribution in [-0.4, -0.2) is 143 Å².